The third-order valence-electron chi connectivity index (χ3n) is 5.31. The molecule has 2 aliphatic rings. The monoisotopic (exact) mass is 362 g/mol. The van der Waals surface area contributed by atoms with Gasteiger partial charge in [-0.1, -0.05) is 12.1 Å². The Morgan fingerprint density at radius 3 is 2.59 bits per heavy atom. The lowest BCUT2D eigenvalue weighted by Gasteiger charge is -2.42. The predicted octanol–water partition coefficient (Wildman–Crippen LogP) is 2.92. The summed E-state index contributed by atoms with van der Waals surface area (Å²) in [5.74, 6) is 0.0626. The molecule has 1 amide bonds. The quantitative estimate of drug-likeness (QED) is 0.668. The maximum absolute atomic E-state index is 13.3. The molecule has 3 aromatic rings. The van der Waals surface area contributed by atoms with E-state index in [0.717, 1.165) is 5.69 Å². The van der Waals surface area contributed by atoms with Gasteiger partial charge in [0.15, 0.2) is 11.5 Å². The molecule has 1 atom stereocenters. The Balaban J connectivity index is 1.82. The van der Waals surface area contributed by atoms with Crippen molar-refractivity contribution in [3.8, 4) is 22.6 Å². The molecule has 134 valence electrons. The number of aromatic nitrogens is 3. The summed E-state index contributed by atoms with van der Waals surface area (Å²) in [5.41, 5.74) is 0.840. The highest BCUT2D eigenvalue weighted by Gasteiger charge is 2.49. The van der Waals surface area contributed by atoms with E-state index in [1.165, 1.54) is 24.3 Å². The molecule has 0 N–H and O–H groups in total. The van der Waals surface area contributed by atoms with E-state index in [1.54, 1.807) is 9.58 Å². The molecule has 7 heteroatoms. The Morgan fingerprint density at radius 2 is 1.81 bits per heavy atom. The summed E-state index contributed by atoms with van der Waals surface area (Å²) in [5, 5.41) is 4.59. The summed E-state index contributed by atoms with van der Waals surface area (Å²) in [6.45, 7) is 1.92. The van der Waals surface area contributed by atoms with Crippen LogP contribution in [0.5, 0.6) is 0 Å². The van der Waals surface area contributed by atoms with Crippen molar-refractivity contribution in [2.24, 2.45) is 0 Å². The van der Waals surface area contributed by atoms with Crippen molar-refractivity contribution in [1.82, 2.24) is 14.8 Å². The van der Waals surface area contributed by atoms with Crippen molar-refractivity contribution in [3.63, 3.8) is 0 Å². The number of hydrogen-bond acceptors (Lipinski definition) is 4. The molecule has 0 saturated carbocycles. The largest absolute Gasteiger partial charge is 0.300 e. The molecular formula is C20H15FN4O2. The smallest absolute Gasteiger partial charge is 0.286 e. The minimum atomic E-state index is -0.740. The second-order valence-corrected chi connectivity index (χ2v) is 6.97. The maximum atomic E-state index is 13.3. The van der Waals surface area contributed by atoms with Gasteiger partial charge < -0.3 is 0 Å². The second kappa shape index (κ2) is 5.33. The second-order valence-electron chi connectivity index (χ2n) is 6.97. The third-order valence-corrected chi connectivity index (χ3v) is 5.31. The van der Waals surface area contributed by atoms with E-state index in [-0.39, 0.29) is 11.6 Å². The van der Waals surface area contributed by atoms with Gasteiger partial charge in [0, 0.05) is 24.0 Å². The first-order valence-corrected chi connectivity index (χ1v) is 8.69. The first-order chi connectivity index (χ1) is 13.0. The number of benzene rings is 2. The van der Waals surface area contributed by atoms with Crippen LogP contribution in [0.4, 0.5) is 10.1 Å². The first kappa shape index (κ1) is 15.9. The number of para-hydroxylation sites is 1. The molecular weight excluding hydrogens is 347 g/mol. The summed E-state index contributed by atoms with van der Waals surface area (Å²) in [6.07, 6.45) is 0.956. The minimum Gasteiger partial charge on any atom is -0.286 e. The van der Waals surface area contributed by atoms with Crippen LogP contribution in [-0.2, 0) is 10.5 Å². The first-order valence-electron chi connectivity index (χ1n) is 8.69. The molecule has 0 bridgehead atoms. The van der Waals surface area contributed by atoms with Crippen molar-refractivity contribution in [1.29, 1.82) is 0 Å². The van der Waals surface area contributed by atoms with Crippen LogP contribution in [0.25, 0.3) is 22.6 Å². The predicted molar refractivity (Wildman–Crippen MR) is 97.5 cm³/mol. The molecule has 6 nitrogen and oxygen atoms in total. The molecule has 27 heavy (non-hydrogen) atoms. The highest BCUT2D eigenvalue weighted by atomic mass is 19.1. The molecule has 0 unspecified atom stereocenters. The van der Waals surface area contributed by atoms with Gasteiger partial charge in [-0.2, -0.15) is 10.1 Å². The molecule has 1 aromatic heterocycles. The lowest BCUT2D eigenvalue weighted by atomic mass is 10.0. The Kier molecular flexibility index (Phi) is 3.13. The number of fused-ring (bicyclic) bond motifs is 6. The maximum Gasteiger partial charge on any atom is 0.300 e. The van der Waals surface area contributed by atoms with Crippen LogP contribution < -0.4 is 10.5 Å². The van der Waals surface area contributed by atoms with Gasteiger partial charge in [-0.25, -0.2) is 9.07 Å². The highest BCUT2D eigenvalue weighted by molar-refractivity contribution is 6.01. The molecule has 2 aromatic carbocycles. The topological polar surface area (TPSA) is 68.1 Å². The van der Waals surface area contributed by atoms with E-state index in [9.17, 15) is 14.0 Å². The average Bonchev–Trinajstić information content (AvgIpc) is 2.98. The molecule has 1 saturated heterocycles. The number of anilines is 1. The zero-order valence-electron chi connectivity index (χ0n) is 14.5. The van der Waals surface area contributed by atoms with Crippen LogP contribution in [0, 0.1) is 5.82 Å². The molecule has 0 aliphatic carbocycles. The van der Waals surface area contributed by atoms with E-state index in [4.69, 9.17) is 0 Å². The lowest BCUT2D eigenvalue weighted by molar-refractivity contribution is -0.117. The number of carbonyl (C=O) groups is 1. The number of nitrogens with zero attached hydrogens (tertiary/aromatic N) is 4. The van der Waals surface area contributed by atoms with Gasteiger partial charge in [0.1, 0.15) is 11.5 Å². The van der Waals surface area contributed by atoms with Crippen LogP contribution >= 0.6 is 0 Å². The van der Waals surface area contributed by atoms with E-state index in [1.807, 2.05) is 31.2 Å². The number of amides is 1. The van der Waals surface area contributed by atoms with Gasteiger partial charge in [0.25, 0.3) is 5.56 Å². The van der Waals surface area contributed by atoms with Gasteiger partial charge in [-0.05, 0) is 43.3 Å². The van der Waals surface area contributed by atoms with Crippen LogP contribution in [0.3, 0.4) is 0 Å². The van der Waals surface area contributed by atoms with Crippen LogP contribution in [0.2, 0.25) is 0 Å². The van der Waals surface area contributed by atoms with Gasteiger partial charge in [-0.3, -0.25) is 14.5 Å². The number of halogens is 1. The molecule has 1 fully saturated rings. The van der Waals surface area contributed by atoms with E-state index < -0.39 is 17.0 Å². The van der Waals surface area contributed by atoms with Crippen molar-refractivity contribution < 1.29 is 9.18 Å². The number of hydrogen-bond donors (Lipinski definition) is 0. The normalized spacial score (nSPS) is 20.2. The molecule has 2 aliphatic heterocycles. The molecule has 5 rings (SSSR count). The zero-order chi connectivity index (χ0) is 18.8. The van der Waals surface area contributed by atoms with Gasteiger partial charge in [0.2, 0.25) is 5.91 Å². The minimum absolute atomic E-state index is 0.0134. The number of rotatable bonds is 1. The van der Waals surface area contributed by atoms with Gasteiger partial charge in [0.05, 0.1) is 5.69 Å². The van der Waals surface area contributed by atoms with Crippen molar-refractivity contribution in [2.75, 3.05) is 4.90 Å². The Morgan fingerprint density at radius 1 is 1.07 bits per heavy atom. The van der Waals surface area contributed by atoms with Gasteiger partial charge in [-0.15, -0.1) is 0 Å². The van der Waals surface area contributed by atoms with Crippen LogP contribution in [0.15, 0.2) is 53.3 Å². The fraction of sp³-hybridized carbons (Fsp3) is 0.200. The van der Waals surface area contributed by atoms with E-state index >= 15 is 0 Å². The summed E-state index contributed by atoms with van der Waals surface area (Å²) in [4.78, 5) is 31.3. The Labute approximate surface area is 153 Å². The Hall–Kier alpha value is -3.35. The fourth-order valence-electron chi connectivity index (χ4n) is 3.97. The SMILES string of the molecule is C[C@]12CCC(=O)N1c1ccccc1-c1nc(=O)c(-c3ccc(F)cc3)nn12. The van der Waals surface area contributed by atoms with Crippen molar-refractivity contribution >= 4 is 11.6 Å². The van der Waals surface area contributed by atoms with Gasteiger partial charge >= 0.3 is 0 Å². The summed E-state index contributed by atoms with van der Waals surface area (Å²) >= 11 is 0. The summed E-state index contributed by atoms with van der Waals surface area (Å²) in [7, 11) is 0. The number of carbonyl (C=O) groups excluding carboxylic acids is 1. The highest BCUT2D eigenvalue weighted by Crippen LogP contribution is 2.47. The Bertz CT molecular complexity index is 1160. The average molecular weight is 362 g/mol. The zero-order valence-corrected chi connectivity index (χ0v) is 14.5. The standard InChI is InChI=1S/C20H15FN4O2/c1-20-11-10-16(26)24(20)15-5-3-2-4-14(15)18-22-19(27)17(23-25(18)20)12-6-8-13(21)9-7-12/h2-9H,10-11H2,1H3/t20-/m0/s1. The summed E-state index contributed by atoms with van der Waals surface area (Å²) < 4.78 is 14.9. The molecule has 3 heterocycles. The lowest BCUT2D eigenvalue weighted by Crippen LogP contribution is -2.51. The van der Waals surface area contributed by atoms with E-state index in [2.05, 4.69) is 10.1 Å². The van der Waals surface area contributed by atoms with Crippen molar-refractivity contribution in [2.45, 2.75) is 25.4 Å². The summed E-state index contributed by atoms with van der Waals surface area (Å²) in [6, 6.07) is 13.0. The van der Waals surface area contributed by atoms with Crippen LogP contribution in [0.1, 0.15) is 19.8 Å². The molecule has 0 spiro atoms. The van der Waals surface area contributed by atoms with Crippen molar-refractivity contribution in [3.05, 3.63) is 64.7 Å². The fourth-order valence-corrected chi connectivity index (χ4v) is 3.97. The van der Waals surface area contributed by atoms with E-state index in [0.29, 0.717) is 29.8 Å². The third kappa shape index (κ3) is 2.11. The van der Waals surface area contributed by atoms with Crippen LogP contribution in [-0.4, -0.2) is 20.7 Å². The molecule has 0 radical (unpaired) electrons.